The lowest BCUT2D eigenvalue weighted by molar-refractivity contribution is 0.0846. The Kier molecular flexibility index (Phi) is 5.56. The quantitative estimate of drug-likeness (QED) is 0.840. The molecular weight excluding hydrogens is 226 g/mol. The van der Waals surface area contributed by atoms with Crippen LogP contribution >= 0.6 is 0 Å². The normalized spacial score (nSPS) is 11.1. The molecule has 0 aliphatic heterocycles. The van der Waals surface area contributed by atoms with Crippen LogP contribution in [0.2, 0.25) is 0 Å². The summed E-state index contributed by atoms with van der Waals surface area (Å²) in [4.78, 5) is 6.64. The summed E-state index contributed by atoms with van der Waals surface area (Å²) >= 11 is 0. The topological polar surface area (TPSA) is 51.4 Å². The summed E-state index contributed by atoms with van der Waals surface area (Å²) in [5, 5.41) is 0. The summed E-state index contributed by atoms with van der Waals surface area (Å²) in [7, 11) is 2.07. The molecule has 0 bridgehead atoms. The predicted octanol–water partition coefficient (Wildman–Crippen LogP) is 2.02. The Balaban J connectivity index is 2.80. The van der Waals surface area contributed by atoms with E-state index in [1.807, 2.05) is 27.7 Å². The van der Waals surface area contributed by atoms with Crippen LogP contribution in [0.5, 0.6) is 0 Å². The lowest BCUT2D eigenvalue weighted by atomic mass is 10.1. The number of ether oxygens (including phenoxy) is 1. The molecular formula is C14H25N3O. The summed E-state index contributed by atoms with van der Waals surface area (Å²) in [5.74, 6) is 0. The number of nitrogens with zero attached hydrogens (tertiary/aromatic N) is 2. The molecule has 0 aliphatic carbocycles. The summed E-state index contributed by atoms with van der Waals surface area (Å²) in [6, 6.07) is 2.09. The maximum absolute atomic E-state index is 5.82. The van der Waals surface area contributed by atoms with E-state index in [0.29, 0.717) is 6.54 Å². The largest absolute Gasteiger partial charge is 0.377 e. The van der Waals surface area contributed by atoms with Crippen LogP contribution in [0.15, 0.2) is 6.07 Å². The van der Waals surface area contributed by atoms with Gasteiger partial charge in [-0.1, -0.05) is 0 Å². The Morgan fingerprint density at radius 3 is 2.61 bits per heavy atom. The Labute approximate surface area is 110 Å². The molecule has 0 saturated carbocycles. The smallest absolute Gasteiger partial charge is 0.0644 e. The van der Waals surface area contributed by atoms with Gasteiger partial charge in [0, 0.05) is 42.8 Å². The zero-order chi connectivity index (χ0) is 13.7. The third-order valence-corrected chi connectivity index (χ3v) is 2.93. The van der Waals surface area contributed by atoms with Gasteiger partial charge in [-0.05, 0) is 33.8 Å². The molecule has 0 saturated heterocycles. The molecule has 1 aromatic rings. The second-order valence-electron chi connectivity index (χ2n) is 4.89. The van der Waals surface area contributed by atoms with E-state index in [0.717, 1.165) is 35.8 Å². The maximum Gasteiger partial charge on any atom is 0.0644 e. The van der Waals surface area contributed by atoms with Crippen molar-refractivity contribution in [1.29, 1.82) is 0 Å². The van der Waals surface area contributed by atoms with Gasteiger partial charge in [-0.15, -0.1) is 0 Å². The first kappa shape index (κ1) is 14.9. The fraction of sp³-hybridized carbons (Fsp3) is 0.643. The Morgan fingerprint density at radius 2 is 2.06 bits per heavy atom. The van der Waals surface area contributed by atoms with Crippen molar-refractivity contribution in [2.75, 3.05) is 25.1 Å². The lowest BCUT2D eigenvalue weighted by Gasteiger charge is -2.24. The highest BCUT2D eigenvalue weighted by Gasteiger charge is 2.11. The van der Waals surface area contributed by atoms with Crippen molar-refractivity contribution in [2.24, 2.45) is 5.73 Å². The van der Waals surface area contributed by atoms with Crippen LogP contribution in [0.1, 0.15) is 30.8 Å². The molecule has 18 heavy (non-hydrogen) atoms. The molecule has 0 aromatic carbocycles. The van der Waals surface area contributed by atoms with E-state index in [9.17, 15) is 0 Å². The highest BCUT2D eigenvalue weighted by atomic mass is 16.5. The zero-order valence-electron chi connectivity index (χ0n) is 12.2. The van der Waals surface area contributed by atoms with Crippen LogP contribution in [-0.4, -0.2) is 31.3 Å². The standard InChI is InChI=1S/C14H25N3O/c1-10(2)18-7-6-17(5)14-8-11(3)16-12(4)13(14)9-15/h8,10H,6-7,9,15H2,1-5H3. The first-order chi connectivity index (χ1) is 8.45. The number of anilines is 1. The summed E-state index contributed by atoms with van der Waals surface area (Å²) in [6.45, 7) is 10.2. The van der Waals surface area contributed by atoms with Gasteiger partial charge in [0.1, 0.15) is 0 Å². The van der Waals surface area contributed by atoms with Crippen molar-refractivity contribution in [3.63, 3.8) is 0 Å². The van der Waals surface area contributed by atoms with E-state index >= 15 is 0 Å². The number of aryl methyl sites for hydroxylation is 2. The van der Waals surface area contributed by atoms with Gasteiger partial charge in [-0.25, -0.2) is 0 Å². The molecule has 102 valence electrons. The average Bonchev–Trinajstić information content (AvgIpc) is 2.27. The second-order valence-corrected chi connectivity index (χ2v) is 4.89. The third-order valence-electron chi connectivity index (χ3n) is 2.93. The van der Waals surface area contributed by atoms with Gasteiger partial charge >= 0.3 is 0 Å². The van der Waals surface area contributed by atoms with Gasteiger partial charge in [0.05, 0.1) is 12.7 Å². The molecule has 0 amide bonds. The van der Waals surface area contributed by atoms with Crippen molar-refractivity contribution in [1.82, 2.24) is 4.98 Å². The number of nitrogens with two attached hydrogens (primary N) is 1. The first-order valence-electron chi connectivity index (χ1n) is 6.45. The SMILES string of the molecule is Cc1cc(N(C)CCOC(C)C)c(CN)c(C)n1. The number of likely N-dealkylation sites (N-methyl/N-ethyl adjacent to an activating group) is 1. The van der Waals surface area contributed by atoms with Crippen LogP contribution in [0.3, 0.4) is 0 Å². The zero-order valence-corrected chi connectivity index (χ0v) is 12.2. The van der Waals surface area contributed by atoms with Gasteiger partial charge in [0.2, 0.25) is 0 Å². The molecule has 1 aromatic heterocycles. The lowest BCUT2D eigenvalue weighted by Crippen LogP contribution is -2.26. The molecule has 1 heterocycles. The first-order valence-corrected chi connectivity index (χ1v) is 6.45. The number of hydrogen-bond donors (Lipinski definition) is 1. The molecule has 0 aliphatic rings. The highest BCUT2D eigenvalue weighted by molar-refractivity contribution is 5.55. The molecule has 0 unspecified atom stereocenters. The van der Waals surface area contributed by atoms with E-state index in [-0.39, 0.29) is 6.10 Å². The van der Waals surface area contributed by atoms with E-state index in [1.165, 1.54) is 0 Å². The van der Waals surface area contributed by atoms with Crippen molar-refractivity contribution < 1.29 is 4.74 Å². The van der Waals surface area contributed by atoms with Gasteiger partial charge < -0.3 is 15.4 Å². The summed E-state index contributed by atoms with van der Waals surface area (Å²) in [5.41, 5.74) is 10.1. The van der Waals surface area contributed by atoms with Crippen molar-refractivity contribution in [3.8, 4) is 0 Å². The molecule has 0 spiro atoms. The highest BCUT2D eigenvalue weighted by Crippen LogP contribution is 2.22. The Hall–Kier alpha value is -1.13. The van der Waals surface area contributed by atoms with Crippen LogP contribution in [-0.2, 0) is 11.3 Å². The van der Waals surface area contributed by atoms with Gasteiger partial charge in [0.25, 0.3) is 0 Å². The van der Waals surface area contributed by atoms with Gasteiger partial charge in [-0.3, -0.25) is 4.98 Å². The molecule has 2 N–H and O–H groups in total. The van der Waals surface area contributed by atoms with Crippen LogP contribution in [0.4, 0.5) is 5.69 Å². The van der Waals surface area contributed by atoms with Gasteiger partial charge in [0.15, 0.2) is 0 Å². The fourth-order valence-corrected chi connectivity index (χ4v) is 1.97. The second kappa shape index (κ2) is 6.71. The average molecular weight is 251 g/mol. The van der Waals surface area contributed by atoms with Crippen LogP contribution < -0.4 is 10.6 Å². The number of pyridine rings is 1. The predicted molar refractivity (Wildman–Crippen MR) is 76.0 cm³/mol. The van der Waals surface area contributed by atoms with E-state index in [2.05, 4.69) is 23.0 Å². The maximum atomic E-state index is 5.82. The molecule has 1 rings (SSSR count). The van der Waals surface area contributed by atoms with Gasteiger partial charge in [-0.2, -0.15) is 0 Å². The minimum absolute atomic E-state index is 0.272. The van der Waals surface area contributed by atoms with Crippen molar-refractivity contribution >= 4 is 5.69 Å². The number of hydrogen-bond acceptors (Lipinski definition) is 4. The molecule has 4 nitrogen and oxygen atoms in total. The van der Waals surface area contributed by atoms with Crippen LogP contribution in [0, 0.1) is 13.8 Å². The minimum atomic E-state index is 0.272. The Morgan fingerprint density at radius 1 is 1.39 bits per heavy atom. The Bertz CT molecular complexity index is 391. The molecule has 0 fully saturated rings. The summed E-state index contributed by atoms with van der Waals surface area (Å²) < 4.78 is 5.58. The molecule has 0 atom stereocenters. The van der Waals surface area contributed by atoms with E-state index in [4.69, 9.17) is 10.5 Å². The minimum Gasteiger partial charge on any atom is -0.377 e. The monoisotopic (exact) mass is 251 g/mol. The fourth-order valence-electron chi connectivity index (χ4n) is 1.97. The number of aromatic nitrogens is 1. The van der Waals surface area contributed by atoms with E-state index < -0.39 is 0 Å². The molecule has 4 heteroatoms. The van der Waals surface area contributed by atoms with Crippen LogP contribution in [0.25, 0.3) is 0 Å². The van der Waals surface area contributed by atoms with E-state index in [1.54, 1.807) is 0 Å². The molecule has 0 radical (unpaired) electrons. The number of rotatable bonds is 6. The summed E-state index contributed by atoms with van der Waals surface area (Å²) in [6.07, 6.45) is 0.272. The van der Waals surface area contributed by atoms with Crippen molar-refractivity contribution in [3.05, 3.63) is 23.0 Å². The van der Waals surface area contributed by atoms with Crippen molar-refractivity contribution in [2.45, 2.75) is 40.3 Å². The third kappa shape index (κ3) is 3.96.